The number of hydrogen-bond acceptors (Lipinski definition) is 4. The Kier molecular flexibility index (Phi) is 4.32. The lowest BCUT2D eigenvalue weighted by Crippen LogP contribution is -2.48. The van der Waals surface area contributed by atoms with E-state index in [9.17, 15) is 9.18 Å². The summed E-state index contributed by atoms with van der Waals surface area (Å²) in [7, 11) is 0. The van der Waals surface area contributed by atoms with E-state index >= 15 is 0 Å². The molecule has 6 nitrogen and oxygen atoms in total. The maximum Gasteiger partial charge on any atom is 0.329 e. The fourth-order valence-electron chi connectivity index (χ4n) is 3.90. The van der Waals surface area contributed by atoms with Gasteiger partial charge in [0.15, 0.2) is 5.82 Å². The van der Waals surface area contributed by atoms with Gasteiger partial charge in [-0.15, -0.1) is 0 Å². The smallest absolute Gasteiger partial charge is 0.329 e. The topological polar surface area (TPSA) is 61.4 Å². The lowest BCUT2D eigenvalue weighted by atomic mass is 10.1. The highest BCUT2D eigenvalue weighted by atomic mass is 35.5. The highest BCUT2D eigenvalue weighted by Gasteiger charge is 2.40. The first-order chi connectivity index (χ1) is 14.1. The van der Waals surface area contributed by atoms with Crippen LogP contribution in [0, 0.1) is 5.82 Å². The first-order valence-corrected chi connectivity index (χ1v) is 9.70. The SMILES string of the molecule is O=C(Nc1ccc(F)cn1)N1c2nc(-c3cccc(Cl)c3)ccc2N2CC[C@H]1C2. The zero-order valence-corrected chi connectivity index (χ0v) is 16.1. The highest BCUT2D eigenvalue weighted by molar-refractivity contribution is 6.30. The first kappa shape index (κ1) is 17.9. The number of carbonyl (C=O) groups is 1. The molecule has 0 radical (unpaired) electrons. The van der Waals surface area contributed by atoms with Gasteiger partial charge in [-0.2, -0.15) is 0 Å². The molecule has 2 amide bonds. The number of aromatic nitrogens is 2. The molecule has 146 valence electrons. The second kappa shape index (κ2) is 7.00. The number of rotatable bonds is 2. The normalized spacial score (nSPS) is 17.2. The number of amides is 2. The standard InChI is InChI=1S/C21H17ClFN5O/c22-14-3-1-2-13(10-14)17-5-6-18-20(25-17)28(16-8-9-27(18)12-16)21(29)26-19-7-4-15(23)11-24-19/h1-7,10-11,16H,8-9,12H2,(H,24,26,29)/t16-/m0/s1. The highest BCUT2D eigenvalue weighted by Crippen LogP contribution is 2.40. The van der Waals surface area contributed by atoms with E-state index in [1.165, 1.54) is 12.1 Å². The molecule has 1 fully saturated rings. The number of benzene rings is 1. The largest absolute Gasteiger partial charge is 0.366 e. The van der Waals surface area contributed by atoms with Gasteiger partial charge in [0.1, 0.15) is 11.6 Å². The molecular formula is C21H17ClFN5O. The van der Waals surface area contributed by atoms with E-state index in [0.717, 1.165) is 42.7 Å². The molecule has 2 aromatic heterocycles. The monoisotopic (exact) mass is 409 g/mol. The lowest BCUT2D eigenvalue weighted by molar-refractivity contribution is 0.254. The third kappa shape index (κ3) is 3.27. The average molecular weight is 410 g/mol. The van der Waals surface area contributed by atoms with Crippen molar-refractivity contribution in [1.29, 1.82) is 0 Å². The van der Waals surface area contributed by atoms with Crippen molar-refractivity contribution in [3.63, 3.8) is 0 Å². The molecule has 1 N–H and O–H groups in total. The Bertz CT molecular complexity index is 1090. The molecule has 3 aromatic rings. The molecule has 5 rings (SSSR count). The number of fused-ring (bicyclic) bond motifs is 4. The predicted molar refractivity (Wildman–Crippen MR) is 111 cm³/mol. The van der Waals surface area contributed by atoms with Crippen molar-refractivity contribution in [3.8, 4) is 11.3 Å². The van der Waals surface area contributed by atoms with Crippen LogP contribution < -0.4 is 15.1 Å². The molecule has 1 atom stereocenters. The molecule has 2 bridgehead atoms. The summed E-state index contributed by atoms with van der Waals surface area (Å²) >= 11 is 6.13. The number of halogens is 2. The fraction of sp³-hybridized carbons (Fsp3) is 0.190. The molecule has 29 heavy (non-hydrogen) atoms. The van der Waals surface area contributed by atoms with Gasteiger partial charge in [0.25, 0.3) is 0 Å². The Morgan fingerprint density at radius 1 is 1.21 bits per heavy atom. The van der Waals surface area contributed by atoms with Crippen LogP contribution in [0.15, 0.2) is 54.7 Å². The zero-order valence-electron chi connectivity index (χ0n) is 15.3. The Morgan fingerprint density at radius 3 is 2.90 bits per heavy atom. The van der Waals surface area contributed by atoms with Gasteiger partial charge in [0.05, 0.1) is 23.6 Å². The summed E-state index contributed by atoms with van der Waals surface area (Å²) in [5.74, 6) is 0.450. The number of urea groups is 1. The quantitative estimate of drug-likeness (QED) is 0.673. The summed E-state index contributed by atoms with van der Waals surface area (Å²) in [5.41, 5.74) is 2.55. The predicted octanol–water partition coefficient (Wildman–Crippen LogP) is 4.57. The van der Waals surface area contributed by atoms with Crippen LogP contribution in [0.4, 0.5) is 26.5 Å². The maximum absolute atomic E-state index is 13.1. The number of anilines is 3. The van der Waals surface area contributed by atoms with Gasteiger partial charge in [0.2, 0.25) is 0 Å². The number of nitrogens with zero attached hydrogens (tertiary/aromatic N) is 4. The molecule has 2 aliphatic heterocycles. The molecule has 1 saturated heterocycles. The summed E-state index contributed by atoms with van der Waals surface area (Å²) in [6, 6.07) is 13.8. The molecule has 1 aromatic carbocycles. The maximum atomic E-state index is 13.1. The van der Waals surface area contributed by atoms with E-state index in [2.05, 4.69) is 15.2 Å². The summed E-state index contributed by atoms with van der Waals surface area (Å²) in [6.45, 7) is 1.63. The Hall–Kier alpha value is -3.19. The minimum Gasteiger partial charge on any atom is -0.366 e. The van der Waals surface area contributed by atoms with Gasteiger partial charge in [-0.05, 0) is 42.8 Å². The van der Waals surface area contributed by atoms with Crippen molar-refractivity contribution in [3.05, 3.63) is 65.6 Å². The third-order valence-electron chi connectivity index (χ3n) is 5.25. The van der Waals surface area contributed by atoms with Crippen LogP contribution >= 0.6 is 11.6 Å². The van der Waals surface area contributed by atoms with Crippen molar-refractivity contribution in [1.82, 2.24) is 9.97 Å². The minimum absolute atomic E-state index is 0.0186. The molecule has 2 aliphatic rings. The zero-order chi connectivity index (χ0) is 20.0. The number of carbonyl (C=O) groups excluding carboxylic acids is 1. The summed E-state index contributed by atoms with van der Waals surface area (Å²) in [6.07, 6.45) is 1.93. The van der Waals surface area contributed by atoms with Crippen molar-refractivity contribution in [2.24, 2.45) is 0 Å². The van der Waals surface area contributed by atoms with E-state index in [1.54, 1.807) is 4.90 Å². The molecular weight excluding hydrogens is 393 g/mol. The van der Waals surface area contributed by atoms with Gasteiger partial charge in [-0.25, -0.2) is 19.2 Å². The van der Waals surface area contributed by atoms with Gasteiger partial charge in [0, 0.05) is 23.7 Å². The second-order valence-corrected chi connectivity index (χ2v) is 7.54. The molecule has 0 aliphatic carbocycles. The first-order valence-electron chi connectivity index (χ1n) is 9.32. The van der Waals surface area contributed by atoms with Crippen LogP contribution in [0.1, 0.15) is 6.42 Å². The van der Waals surface area contributed by atoms with Crippen LogP contribution in [0.2, 0.25) is 5.02 Å². The molecule has 0 spiro atoms. The van der Waals surface area contributed by atoms with Crippen LogP contribution in [0.3, 0.4) is 0 Å². The molecule has 0 unspecified atom stereocenters. The minimum atomic E-state index is -0.453. The van der Waals surface area contributed by atoms with E-state index < -0.39 is 5.82 Å². The van der Waals surface area contributed by atoms with Gasteiger partial charge in [-0.3, -0.25) is 10.2 Å². The van der Waals surface area contributed by atoms with Gasteiger partial charge in [-0.1, -0.05) is 23.7 Å². The van der Waals surface area contributed by atoms with Crippen LogP contribution in [0.25, 0.3) is 11.3 Å². The lowest BCUT2D eigenvalue weighted by Gasteiger charge is -2.35. The van der Waals surface area contributed by atoms with E-state index in [1.807, 2.05) is 36.4 Å². The van der Waals surface area contributed by atoms with E-state index in [4.69, 9.17) is 16.6 Å². The molecule has 0 saturated carbocycles. The molecule has 4 heterocycles. The summed E-state index contributed by atoms with van der Waals surface area (Å²) < 4.78 is 13.1. The third-order valence-corrected chi connectivity index (χ3v) is 5.49. The van der Waals surface area contributed by atoms with Crippen molar-refractivity contribution in [2.75, 3.05) is 28.2 Å². The van der Waals surface area contributed by atoms with Gasteiger partial charge < -0.3 is 4.90 Å². The van der Waals surface area contributed by atoms with Gasteiger partial charge >= 0.3 is 6.03 Å². The fourth-order valence-corrected chi connectivity index (χ4v) is 4.09. The number of hydrogen-bond donors (Lipinski definition) is 1. The average Bonchev–Trinajstić information content (AvgIpc) is 3.14. The second-order valence-electron chi connectivity index (χ2n) is 7.10. The number of nitrogens with one attached hydrogen (secondary N) is 1. The Morgan fingerprint density at radius 2 is 2.10 bits per heavy atom. The van der Waals surface area contributed by atoms with Crippen LogP contribution in [0.5, 0.6) is 0 Å². The Balaban J connectivity index is 1.52. The van der Waals surface area contributed by atoms with Crippen LogP contribution in [-0.4, -0.2) is 35.1 Å². The number of pyridine rings is 2. The van der Waals surface area contributed by atoms with E-state index in [0.29, 0.717) is 16.7 Å². The van der Waals surface area contributed by atoms with Crippen LogP contribution in [-0.2, 0) is 0 Å². The van der Waals surface area contributed by atoms with Crippen molar-refractivity contribution in [2.45, 2.75) is 12.5 Å². The molecule has 8 heteroatoms. The van der Waals surface area contributed by atoms with E-state index in [-0.39, 0.29) is 12.1 Å². The Labute approximate surface area is 171 Å². The summed E-state index contributed by atoms with van der Waals surface area (Å²) in [5, 5.41) is 3.39. The van der Waals surface area contributed by atoms with Crippen molar-refractivity contribution >= 4 is 35.0 Å². The van der Waals surface area contributed by atoms with Crippen molar-refractivity contribution < 1.29 is 9.18 Å². The summed E-state index contributed by atoms with van der Waals surface area (Å²) in [4.78, 5) is 25.8.